The Kier molecular flexibility index (Phi) is 10.8. The van der Waals surface area contributed by atoms with Gasteiger partial charge in [-0.1, -0.05) is 57.6 Å². The fourth-order valence-corrected chi connectivity index (χ4v) is 3.18. The van der Waals surface area contributed by atoms with E-state index in [4.69, 9.17) is 9.29 Å². The number of ether oxygens (including phenoxy) is 1. The summed E-state index contributed by atoms with van der Waals surface area (Å²) in [6.45, 7) is 2.71. The van der Waals surface area contributed by atoms with Gasteiger partial charge in [-0.2, -0.15) is 8.42 Å². The van der Waals surface area contributed by atoms with Gasteiger partial charge in [-0.3, -0.25) is 4.55 Å². The summed E-state index contributed by atoms with van der Waals surface area (Å²) in [7, 11) is -3.85. The maximum atomic E-state index is 10.6. The summed E-state index contributed by atoms with van der Waals surface area (Å²) in [5, 5.41) is 0. The van der Waals surface area contributed by atoms with Gasteiger partial charge in [0.2, 0.25) is 0 Å². The standard InChI is InChI=1S/C19H32O4S/c1-2-3-4-5-6-7-8-11-18-12-14-19(15-13-18)23-16-9-10-17-24(20,21)22/h12-15H,2-11,16-17H2,1H3,(H,20,21,22). The second-order valence-corrected chi connectivity index (χ2v) is 7.93. The number of unbranched alkanes of at least 4 members (excludes halogenated alkanes) is 7. The molecule has 0 aromatic heterocycles. The molecule has 0 aliphatic rings. The van der Waals surface area contributed by atoms with E-state index in [9.17, 15) is 8.42 Å². The molecular weight excluding hydrogens is 324 g/mol. The zero-order valence-corrected chi connectivity index (χ0v) is 15.7. The molecule has 1 aromatic carbocycles. The first-order chi connectivity index (χ1) is 11.5. The largest absolute Gasteiger partial charge is 0.494 e. The van der Waals surface area contributed by atoms with Crippen LogP contribution in [0.3, 0.4) is 0 Å². The number of hydrogen-bond donors (Lipinski definition) is 1. The lowest BCUT2D eigenvalue weighted by Gasteiger charge is -2.07. The molecule has 0 unspecified atom stereocenters. The fraction of sp³-hybridized carbons (Fsp3) is 0.684. The first kappa shape index (κ1) is 21.0. The second-order valence-electron chi connectivity index (χ2n) is 6.36. The summed E-state index contributed by atoms with van der Waals surface area (Å²) >= 11 is 0. The van der Waals surface area contributed by atoms with Crippen LogP contribution in [-0.4, -0.2) is 25.3 Å². The number of hydrogen-bond acceptors (Lipinski definition) is 3. The van der Waals surface area contributed by atoms with Gasteiger partial charge >= 0.3 is 0 Å². The van der Waals surface area contributed by atoms with Crippen LogP contribution in [0.15, 0.2) is 24.3 Å². The highest BCUT2D eigenvalue weighted by molar-refractivity contribution is 7.85. The van der Waals surface area contributed by atoms with Gasteiger partial charge in [-0.05, 0) is 43.4 Å². The molecular formula is C19H32O4S. The molecule has 0 saturated heterocycles. The molecule has 0 fully saturated rings. The molecule has 0 spiro atoms. The van der Waals surface area contributed by atoms with Crippen molar-refractivity contribution in [3.63, 3.8) is 0 Å². The van der Waals surface area contributed by atoms with Gasteiger partial charge in [0.05, 0.1) is 12.4 Å². The van der Waals surface area contributed by atoms with Crippen molar-refractivity contribution in [2.75, 3.05) is 12.4 Å². The van der Waals surface area contributed by atoms with Gasteiger partial charge in [-0.25, -0.2) is 0 Å². The summed E-state index contributed by atoms with van der Waals surface area (Å²) < 4.78 is 35.4. The van der Waals surface area contributed by atoms with Gasteiger partial charge in [0.15, 0.2) is 0 Å². The molecule has 0 atom stereocenters. The zero-order chi connectivity index (χ0) is 17.7. The number of benzene rings is 1. The Morgan fingerprint density at radius 3 is 2.12 bits per heavy atom. The van der Waals surface area contributed by atoms with E-state index in [2.05, 4.69) is 19.1 Å². The van der Waals surface area contributed by atoms with Crippen molar-refractivity contribution in [1.82, 2.24) is 0 Å². The molecule has 5 heteroatoms. The Balaban J connectivity index is 2.10. The molecule has 138 valence electrons. The lowest BCUT2D eigenvalue weighted by Crippen LogP contribution is -2.06. The van der Waals surface area contributed by atoms with Crippen LogP contribution in [0.5, 0.6) is 5.75 Å². The summed E-state index contributed by atoms with van der Waals surface area (Å²) in [5.74, 6) is 0.610. The van der Waals surface area contributed by atoms with Crippen LogP contribution < -0.4 is 4.74 Å². The Labute approximate surface area is 147 Å². The molecule has 4 nitrogen and oxygen atoms in total. The van der Waals surface area contributed by atoms with Gasteiger partial charge in [0.25, 0.3) is 10.1 Å². The second kappa shape index (κ2) is 12.3. The summed E-state index contributed by atoms with van der Waals surface area (Å²) in [6.07, 6.45) is 11.4. The van der Waals surface area contributed by atoms with E-state index in [0.29, 0.717) is 19.4 Å². The SMILES string of the molecule is CCCCCCCCCc1ccc(OCCCCS(=O)(=O)O)cc1. The minimum atomic E-state index is -3.85. The monoisotopic (exact) mass is 356 g/mol. The van der Waals surface area contributed by atoms with Gasteiger partial charge in [0, 0.05) is 0 Å². The van der Waals surface area contributed by atoms with E-state index in [1.165, 1.54) is 50.5 Å². The van der Waals surface area contributed by atoms with E-state index in [1.807, 2.05) is 12.1 Å². The Morgan fingerprint density at radius 1 is 0.875 bits per heavy atom. The quantitative estimate of drug-likeness (QED) is 0.375. The van der Waals surface area contributed by atoms with Gasteiger partial charge in [0.1, 0.15) is 5.75 Å². The van der Waals surface area contributed by atoms with E-state index in [0.717, 1.165) is 12.2 Å². The van der Waals surface area contributed by atoms with Crippen LogP contribution in [0, 0.1) is 0 Å². The Morgan fingerprint density at radius 2 is 1.50 bits per heavy atom. The summed E-state index contributed by atoms with van der Waals surface area (Å²) in [4.78, 5) is 0. The highest BCUT2D eigenvalue weighted by Crippen LogP contribution is 2.15. The van der Waals surface area contributed by atoms with E-state index < -0.39 is 10.1 Å². The third-order valence-electron chi connectivity index (χ3n) is 4.06. The molecule has 0 heterocycles. The van der Waals surface area contributed by atoms with Crippen molar-refractivity contribution in [1.29, 1.82) is 0 Å². The van der Waals surface area contributed by atoms with Crippen LogP contribution in [0.1, 0.15) is 70.3 Å². The van der Waals surface area contributed by atoms with Crippen molar-refractivity contribution >= 4 is 10.1 Å². The number of rotatable bonds is 14. The van der Waals surface area contributed by atoms with Crippen LogP contribution in [0.2, 0.25) is 0 Å². The van der Waals surface area contributed by atoms with Crippen LogP contribution >= 0.6 is 0 Å². The highest BCUT2D eigenvalue weighted by Gasteiger charge is 2.03. The minimum Gasteiger partial charge on any atom is -0.494 e. The maximum Gasteiger partial charge on any atom is 0.264 e. The fourth-order valence-electron chi connectivity index (χ4n) is 2.62. The molecule has 0 radical (unpaired) electrons. The zero-order valence-electron chi connectivity index (χ0n) is 14.9. The van der Waals surface area contributed by atoms with Crippen molar-refractivity contribution < 1.29 is 17.7 Å². The predicted octanol–water partition coefficient (Wildman–Crippen LogP) is 5.03. The minimum absolute atomic E-state index is 0.201. The molecule has 0 amide bonds. The third kappa shape index (κ3) is 11.5. The van der Waals surface area contributed by atoms with Crippen molar-refractivity contribution in [3.05, 3.63) is 29.8 Å². The molecule has 0 aliphatic heterocycles. The Bertz CT molecular complexity index is 523. The van der Waals surface area contributed by atoms with Gasteiger partial charge < -0.3 is 4.74 Å². The lowest BCUT2D eigenvalue weighted by atomic mass is 10.0. The highest BCUT2D eigenvalue weighted by atomic mass is 32.2. The summed E-state index contributed by atoms with van der Waals surface area (Å²) in [6, 6.07) is 8.15. The van der Waals surface area contributed by atoms with E-state index in [-0.39, 0.29) is 5.75 Å². The van der Waals surface area contributed by atoms with Gasteiger partial charge in [-0.15, -0.1) is 0 Å². The normalized spacial score (nSPS) is 11.6. The molecule has 0 aliphatic carbocycles. The van der Waals surface area contributed by atoms with Crippen LogP contribution in [0.4, 0.5) is 0 Å². The Hall–Kier alpha value is -1.07. The first-order valence-electron chi connectivity index (χ1n) is 9.18. The molecule has 0 saturated carbocycles. The smallest absolute Gasteiger partial charge is 0.264 e. The maximum absolute atomic E-state index is 10.6. The first-order valence-corrected chi connectivity index (χ1v) is 10.8. The molecule has 1 rings (SSSR count). The average molecular weight is 357 g/mol. The van der Waals surface area contributed by atoms with Crippen molar-refractivity contribution in [2.45, 2.75) is 71.1 Å². The topological polar surface area (TPSA) is 63.6 Å². The molecule has 24 heavy (non-hydrogen) atoms. The summed E-state index contributed by atoms with van der Waals surface area (Å²) in [5.41, 5.74) is 1.34. The van der Waals surface area contributed by atoms with E-state index >= 15 is 0 Å². The number of aryl methyl sites for hydroxylation is 1. The van der Waals surface area contributed by atoms with Crippen molar-refractivity contribution in [3.8, 4) is 5.75 Å². The molecule has 1 N–H and O–H groups in total. The van der Waals surface area contributed by atoms with E-state index in [1.54, 1.807) is 0 Å². The lowest BCUT2D eigenvalue weighted by molar-refractivity contribution is 0.309. The van der Waals surface area contributed by atoms with Crippen LogP contribution in [0.25, 0.3) is 0 Å². The predicted molar refractivity (Wildman–Crippen MR) is 99.3 cm³/mol. The molecule has 1 aromatic rings. The van der Waals surface area contributed by atoms with Crippen molar-refractivity contribution in [2.24, 2.45) is 0 Å². The average Bonchev–Trinajstić information content (AvgIpc) is 2.54. The third-order valence-corrected chi connectivity index (χ3v) is 4.86. The molecule has 0 bridgehead atoms. The van der Waals surface area contributed by atoms with Crippen LogP contribution in [-0.2, 0) is 16.5 Å².